The molecule has 16 heavy (non-hydrogen) atoms. The molecule has 2 aromatic rings. The molecule has 1 aromatic heterocycles. The lowest BCUT2D eigenvalue weighted by Gasteiger charge is -2.05. The first-order valence-corrected chi connectivity index (χ1v) is 5.37. The maximum atomic E-state index is 5.88. The summed E-state index contributed by atoms with van der Waals surface area (Å²) in [6.45, 7) is 0. The number of halogens is 1. The summed E-state index contributed by atoms with van der Waals surface area (Å²) in [6, 6.07) is 5.36. The molecule has 4 nitrogen and oxygen atoms in total. The Morgan fingerprint density at radius 1 is 1.50 bits per heavy atom. The van der Waals surface area contributed by atoms with Gasteiger partial charge in [0.05, 0.1) is 12.7 Å². The van der Waals surface area contributed by atoms with Crippen molar-refractivity contribution in [2.24, 2.45) is 7.05 Å². The Bertz CT molecular complexity index is 576. The van der Waals surface area contributed by atoms with E-state index in [0.717, 1.165) is 5.56 Å². The molecule has 1 aromatic carbocycles. The van der Waals surface area contributed by atoms with Crippen LogP contribution in [-0.2, 0) is 7.05 Å². The third-order valence-electron chi connectivity index (χ3n) is 2.19. The Morgan fingerprint density at radius 3 is 2.81 bits per heavy atom. The molecule has 1 N–H and O–H groups in total. The molecule has 1 heterocycles. The molecule has 84 valence electrons. The number of benzene rings is 1. The standard InChI is InChI=1S/C10H10ClN3OS/c1-14-10(16)12-9(13-14)7-4-3-6(11)5-8(7)15-2/h3-5H,1-2H3,(H,12,13,16). The third kappa shape index (κ3) is 1.96. The van der Waals surface area contributed by atoms with E-state index in [-0.39, 0.29) is 0 Å². The molecule has 0 bridgehead atoms. The second kappa shape index (κ2) is 4.27. The van der Waals surface area contributed by atoms with Crippen LogP contribution in [-0.4, -0.2) is 21.9 Å². The van der Waals surface area contributed by atoms with Crippen molar-refractivity contribution in [2.75, 3.05) is 7.11 Å². The predicted molar refractivity (Wildman–Crippen MR) is 65.4 cm³/mol. The smallest absolute Gasteiger partial charge is 0.216 e. The largest absolute Gasteiger partial charge is 0.496 e. The summed E-state index contributed by atoms with van der Waals surface area (Å²) in [4.78, 5) is 4.22. The molecular weight excluding hydrogens is 246 g/mol. The lowest BCUT2D eigenvalue weighted by atomic mass is 10.2. The molecule has 0 aliphatic rings. The summed E-state index contributed by atoms with van der Waals surface area (Å²) in [5.41, 5.74) is 0.832. The van der Waals surface area contributed by atoms with Crippen molar-refractivity contribution in [2.45, 2.75) is 0 Å². The van der Waals surface area contributed by atoms with Crippen LogP contribution in [0.4, 0.5) is 0 Å². The van der Waals surface area contributed by atoms with E-state index in [2.05, 4.69) is 10.1 Å². The van der Waals surface area contributed by atoms with Gasteiger partial charge in [0.25, 0.3) is 0 Å². The molecule has 0 aliphatic carbocycles. The average Bonchev–Trinajstić information content (AvgIpc) is 2.59. The quantitative estimate of drug-likeness (QED) is 0.839. The lowest BCUT2D eigenvalue weighted by molar-refractivity contribution is 0.416. The molecule has 0 spiro atoms. The number of ether oxygens (including phenoxy) is 1. The first-order valence-electron chi connectivity index (χ1n) is 4.59. The topological polar surface area (TPSA) is 42.8 Å². The molecule has 0 aliphatic heterocycles. The number of aromatic amines is 1. The van der Waals surface area contributed by atoms with Crippen LogP contribution in [0.3, 0.4) is 0 Å². The minimum atomic E-state index is 0.493. The number of rotatable bonds is 2. The van der Waals surface area contributed by atoms with Crippen molar-refractivity contribution in [1.29, 1.82) is 0 Å². The van der Waals surface area contributed by atoms with Crippen molar-refractivity contribution < 1.29 is 4.74 Å². The fraction of sp³-hybridized carbons (Fsp3) is 0.200. The summed E-state index contributed by atoms with van der Waals surface area (Å²) in [5.74, 6) is 1.33. The Labute approximate surface area is 103 Å². The number of H-pyrrole nitrogens is 1. The number of aromatic nitrogens is 3. The van der Waals surface area contributed by atoms with Crippen LogP contribution >= 0.6 is 23.8 Å². The molecule has 2 rings (SSSR count). The molecule has 0 saturated heterocycles. The van der Waals surface area contributed by atoms with E-state index < -0.39 is 0 Å². The minimum Gasteiger partial charge on any atom is -0.496 e. The van der Waals surface area contributed by atoms with E-state index in [1.807, 2.05) is 6.07 Å². The van der Waals surface area contributed by atoms with Crippen LogP contribution in [0.5, 0.6) is 5.75 Å². The average molecular weight is 256 g/mol. The van der Waals surface area contributed by atoms with Crippen LogP contribution in [0.25, 0.3) is 11.4 Å². The fourth-order valence-corrected chi connectivity index (χ4v) is 1.68. The zero-order valence-electron chi connectivity index (χ0n) is 8.82. The third-order valence-corrected chi connectivity index (χ3v) is 2.79. The second-order valence-corrected chi connectivity index (χ2v) is 4.06. The monoisotopic (exact) mass is 255 g/mol. The molecular formula is C10H10ClN3OS. The normalized spacial score (nSPS) is 10.4. The van der Waals surface area contributed by atoms with E-state index in [1.165, 1.54) is 0 Å². The Hall–Kier alpha value is -1.33. The number of nitrogens with zero attached hydrogens (tertiary/aromatic N) is 2. The molecule has 0 amide bonds. The molecule has 0 radical (unpaired) electrons. The Balaban J connectivity index is 2.59. The van der Waals surface area contributed by atoms with Gasteiger partial charge in [0.15, 0.2) is 5.82 Å². The van der Waals surface area contributed by atoms with Gasteiger partial charge >= 0.3 is 0 Å². The minimum absolute atomic E-state index is 0.493. The molecule has 0 atom stereocenters. The van der Waals surface area contributed by atoms with Crippen LogP contribution < -0.4 is 4.74 Å². The fourth-order valence-electron chi connectivity index (χ4n) is 1.38. The van der Waals surface area contributed by atoms with Gasteiger partial charge in [-0.1, -0.05) is 11.6 Å². The summed E-state index contributed by atoms with van der Waals surface area (Å²) < 4.78 is 7.40. The van der Waals surface area contributed by atoms with E-state index in [1.54, 1.807) is 31.0 Å². The number of nitrogens with one attached hydrogen (secondary N) is 1. The Kier molecular flexibility index (Phi) is 2.98. The van der Waals surface area contributed by atoms with Crippen molar-refractivity contribution in [1.82, 2.24) is 14.8 Å². The van der Waals surface area contributed by atoms with Crippen LogP contribution in [0.15, 0.2) is 18.2 Å². The van der Waals surface area contributed by atoms with Gasteiger partial charge in [-0.25, -0.2) is 0 Å². The summed E-state index contributed by atoms with van der Waals surface area (Å²) in [7, 11) is 3.40. The maximum absolute atomic E-state index is 5.88. The van der Waals surface area contributed by atoms with Gasteiger partial charge in [0, 0.05) is 12.1 Å². The summed E-state index contributed by atoms with van der Waals surface area (Å²) in [5, 5.41) is 3.65. The first kappa shape index (κ1) is 11.2. The molecule has 0 fully saturated rings. The van der Waals surface area contributed by atoms with Gasteiger partial charge in [-0.15, -0.1) is 0 Å². The van der Waals surface area contributed by atoms with Gasteiger partial charge in [0.1, 0.15) is 5.75 Å². The van der Waals surface area contributed by atoms with Crippen LogP contribution in [0.1, 0.15) is 0 Å². The molecule has 0 unspecified atom stereocenters. The van der Waals surface area contributed by atoms with Gasteiger partial charge in [-0.2, -0.15) is 4.98 Å². The first-order chi connectivity index (χ1) is 7.61. The van der Waals surface area contributed by atoms with E-state index in [4.69, 9.17) is 28.6 Å². The van der Waals surface area contributed by atoms with E-state index >= 15 is 0 Å². The summed E-state index contributed by atoms with van der Waals surface area (Å²) >= 11 is 10.9. The Morgan fingerprint density at radius 2 is 2.25 bits per heavy atom. The number of hydrogen-bond acceptors (Lipinski definition) is 3. The maximum Gasteiger partial charge on any atom is 0.216 e. The van der Waals surface area contributed by atoms with Crippen molar-refractivity contribution >= 4 is 23.8 Å². The van der Waals surface area contributed by atoms with Gasteiger partial charge in [0.2, 0.25) is 4.77 Å². The van der Waals surface area contributed by atoms with Gasteiger partial charge in [-0.3, -0.25) is 9.78 Å². The zero-order chi connectivity index (χ0) is 11.7. The van der Waals surface area contributed by atoms with Crippen molar-refractivity contribution in [3.63, 3.8) is 0 Å². The van der Waals surface area contributed by atoms with E-state index in [0.29, 0.717) is 21.4 Å². The van der Waals surface area contributed by atoms with Crippen molar-refractivity contribution in [3.8, 4) is 17.1 Å². The van der Waals surface area contributed by atoms with Gasteiger partial charge in [-0.05, 0) is 30.4 Å². The number of methoxy groups -OCH3 is 1. The van der Waals surface area contributed by atoms with Crippen LogP contribution in [0.2, 0.25) is 5.02 Å². The number of hydrogen-bond donors (Lipinski definition) is 1. The predicted octanol–water partition coefficient (Wildman–Crippen LogP) is 2.81. The molecule has 6 heteroatoms. The van der Waals surface area contributed by atoms with Crippen LogP contribution in [0, 0.1) is 4.77 Å². The highest BCUT2D eigenvalue weighted by Gasteiger charge is 2.09. The van der Waals surface area contributed by atoms with E-state index in [9.17, 15) is 0 Å². The zero-order valence-corrected chi connectivity index (χ0v) is 10.4. The number of aryl methyl sites for hydroxylation is 1. The van der Waals surface area contributed by atoms with Gasteiger partial charge < -0.3 is 4.74 Å². The lowest BCUT2D eigenvalue weighted by Crippen LogP contribution is -1.92. The molecule has 0 saturated carbocycles. The highest BCUT2D eigenvalue weighted by atomic mass is 35.5. The SMILES string of the molecule is COc1cc(Cl)ccc1-c1nc(=S)n(C)[nH]1. The van der Waals surface area contributed by atoms with Crippen molar-refractivity contribution in [3.05, 3.63) is 28.0 Å². The summed E-state index contributed by atoms with van der Waals surface area (Å²) in [6.07, 6.45) is 0. The second-order valence-electron chi connectivity index (χ2n) is 3.26. The highest BCUT2D eigenvalue weighted by Crippen LogP contribution is 2.29. The highest BCUT2D eigenvalue weighted by molar-refractivity contribution is 7.71.